The molecule has 0 spiro atoms. The molecule has 0 bridgehead atoms. The molecule has 0 unspecified atom stereocenters. The number of nitrogens with one attached hydrogen (secondary N) is 1. The molecule has 1 aromatic heterocycles. The molecular weight excluding hydrogens is 420 g/mol. The summed E-state index contributed by atoms with van der Waals surface area (Å²) < 4.78 is 11.9. The van der Waals surface area contributed by atoms with Crippen LogP contribution in [0.3, 0.4) is 0 Å². The van der Waals surface area contributed by atoms with Crippen molar-refractivity contribution >= 4 is 23.2 Å². The molecule has 2 aromatic rings. The monoisotopic (exact) mass is 458 g/mol. The summed E-state index contributed by atoms with van der Waals surface area (Å²) in [5.74, 6) is 2.60. The molecule has 8 heteroatoms. The largest absolute Gasteiger partial charge is 0.493 e. The number of carboxylic acid groups (broad SMARTS) is 1. The Kier molecular flexibility index (Phi) is 9.14. The molecule has 2 aliphatic rings. The van der Waals surface area contributed by atoms with E-state index >= 15 is 0 Å². The van der Waals surface area contributed by atoms with Gasteiger partial charge in [0.15, 0.2) is 11.5 Å². The Bertz CT molecular complexity index is 928. The Hall–Kier alpha value is -2.58. The van der Waals surface area contributed by atoms with Crippen LogP contribution in [0.2, 0.25) is 0 Å². The van der Waals surface area contributed by atoms with E-state index in [1.165, 1.54) is 42.4 Å². The number of hydrogen-bond acceptors (Lipinski definition) is 7. The molecule has 2 aliphatic heterocycles. The molecule has 3 heterocycles. The third kappa shape index (κ3) is 6.48. The van der Waals surface area contributed by atoms with Crippen molar-refractivity contribution in [2.75, 3.05) is 52.3 Å². The van der Waals surface area contributed by atoms with E-state index in [2.05, 4.69) is 48.1 Å². The molecule has 0 radical (unpaired) electrons. The van der Waals surface area contributed by atoms with E-state index in [4.69, 9.17) is 24.4 Å². The Morgan fingerprint density at radius 3 is 2.58 bits per heavy atom. The average Bonchev–Trinajstić information content (AvgIpc) is 3.30. The summed E-state index contributed by atoms with van der Waals surface area (Å²) in [4.78, 5) is 18.3. The molecule has 0 aliphatic carbocycles. The van der Waals surface area contributed by atoms with Crippen LogP contribution in [-0.2, 0) is 17.8 Å². The number of benzene rings is 1. The van der Waals surface area contributed by atoms with Gasteiger partial charge in [-0.25, -0.2) is 4.98 Å². The number of likely N-dealkylation sites (N-methyl/N-ethyl adjacent to an activating group) is 1. The molecule has 0 saturated carbocycles. The number of methoxy groups -OCH3 is 1. The number of nitrogens with zero attached hydrogens (tertiary/aromatic N) is 3. The topological polar surface area (TPSA) is 87.2 Å². The van der Waals surface area contributed by atoms with Gasteiger partial charge in [-0.3, -0.25) is 4.79 Å². The van der Waals surface area contributed by atoms with Crippen LogP contribution in [-0.4, -0.2) is 79.3 Å². The van der Waals surface area contributed by atoms with Gasteiger partial charge in [-0.05, 0) is 71.3 Å². The number of ether oxygens (including phenoxy) is 2. The smallest absolute Gasteiger partial charge is 0.290 e. The maximum Gasteiger partial charge on any atom is 0.290 e. The van der Waals surface area contributed by atoms with Gasteiger partial charge in [-0.2, -0.15) is 0 Å². The van der Waals surface area contributed by atoms with Crippen LogP contribution in [0.1, 0.15) is 44.2 Å². The number of fused-ring (bicyclic) bond motifs is 3. The second-order valence-corrected chi connectivity index (χ2v) is 9.08. The third-order valence-electron chi connectivity index (χ3n) is 6.16. The predicted molar refractivity (Wildman–Crippen MR) is 132 cm³/mol. The lowest BCUT2D eigenvalue weighted by atomic mass is 9.95. The highest BCUT2D eigenvalue weighted by atomic mass is 16.5. The Balaban J connectivity index is 0.000000968. The number of hydrogen-bond donors (Lipinski definition) is 2. The van der Waals surface area contributed by atoms with Gasteiger partial charge >= 0.3 is 0 Å². The minimum Gasteiger partial charge on any atom is -0.493 e. The summed E-state index contributed by atoms with van der Waals surface area (Å²) in [5.41, 5.74) is 3.68. The van der Waals surface area contributed by atoms with Crippen molar-refractivity contribution in [2.45, 2.75) is 52.1 Å². The number of aromatic nitrogens is 1. The summed E-state index contributed by atoms with van der Waals surface area (Å²) in [7, 11) is 3.90. The lowest BCUT2D eigenvalue weighted by molar-refractivity contribution is -0.122. The lowest BCUT2D eigenvalue weighted by Crippen LogP contribution is -2.28. The van der Waals surface area contributed by atoms with Gasteiger partial charge < -0.3 is 29.7 Å². The average molecular weight is 459 g/mol. The van der Waals surface area contributed by atoms with E-state index in [0.717, 1.165) is 55.3 Å². The van der Waals surface area contributed by atoms with E-state index in [-0.39, 0.29) is 6.47 Å². The van der Waals surface area contributed by atoms with Crippen molar-refractivity contribution in [3.05, 3.63) is 23.3 Å². The van der Waals surface area contributed by atoms with Crippen LogP contribution in [0.15, 0.2) is 12.1 Å². The molecular formula is C25H38N4O4. The second-order valence-electron chi connectivity index (χ2n) is 9.08. The molecule has 8 nitrogen and oxygen atoms in total. The molecule has 182 valence electrons. The van der Waals surface area contributed by atoms with Gasteiger partial charge in [-0.15, -0.1) is 0 Å². The standard InChI is InChI=1S/C24H36N4O2.CH2O2/c1-17(2)25-24-20-16-27(3)12-8-18(20)19-14-22(29-4)23(15-21(19)26-24)30-13-7-11-28-9-5-6-10-28;2-1-3/h14-15,17H,5-13,16H2,1-4H3,(H,25,26);1H,(H,2,3). The number of rotatable bonds is 8. The first kappa shape index (κ1) is 25.1. The van der Waals surface area contributed by atoms with E-state index in [1.807, 2.05) is 0 Å². The van der Waals surface area contributed by atoms with Crippen LogP contribution in [0.25, 0.3) is 10.9 Å². The summed E-state index contributed by atoms with van der Waals surface area (Å²) in [6, 6.07) is 4.53. The second kappa shape index (κ2) is 12.0. The number of anilines is 1. The molecule has 0 amide bonds. The normalized spacial score (nSPS) is 16.3. The zero-order chi connectivity index (χ0) is 23.8. The van der Waals surface area contributed by atoms with E-state index < -0.39 is 0 Å². The highest BCUT2D eigenvalue weighted by Gasteiger charge is 2.23. The Morgan fingerprint density at radius 2 is 1.91 bits per heavy atom. The van der Waals surface area contributed by atoms with Crippen molar-refractivity contribution in [3.8, 4) is 11.5 Å². The van der Waals surface area contributed by atoms with Crippen LogP contribution in [0, 0.1) is 0 Å². The molecule has 2 N–H and O–H groups in total. The first-order valence-corrected chi connectivity index (χ1v) is 11.9. The maximum absolute atomic E-state index is 8.36. The minimum atomic E-state index is -0.250. The van der Waals surface area contributed by atoms with E-state index in [9.17, 15) is 0 Å². The van der Waals surface area contributed by atoms with Gasteiger partial charge in [-0.1, -0.05) is 0 Å². The van der Waals surface area contributed by atoms with Crippen molar-refractivity contribution in [3.63, 3.8) is 0 Å². The summed E-state index contributed by atoms with van der Waals surface area (Å²) >= 11 is 0. The highest BCUT2D eigenvalue weighted by Crippen LogP contribution is 2.38. The Labute approximate surface area is 196 Å². The number of likely N-dealkylation sites (tertiary alicyclic amines) is 1. The summed E-state index contributed by atoms with van der Waals surface area (Å²) in [6.45, 7) is 10.3. The summed E-state index contributed by atoms with van der Waals surface area (Å²) in [6.07, 6.45) is 4.72. The molecule has 33 heavy (non-hydrogen) atoms. The minimum absolute atomic E-state index is 0.250. The van der Waals surface area contributed by atoms with Crippen LogP contribution in [0.4, 0.5) is 5.82 Å². The van der Waals surface area contributed by atoms with Crippen LogP contribution < -0.4 is 14.8 Å². The van der Waals surface area contributed by atoms with Crippen molar-refractivity contribution in [2.24, 2.45) is 0 Å². The predicted octanol–water partition coefficient (Wildman–Crippen LogP) is 3.62. The molecule has 4 rings (SSSR count). The fourth-order valence-corrected chi connectivity index (χ4v) is 4.63. The first-order chi connectivity index (χ1) is 16.0. The SMILES string of the molecule is COc1cc2c3c(c(NC(C)C)nc2cc1OCCCN1CCCC1)CN(C)CC3.O=CO. The van der Waals surface area contributed by atoms with Crippen molar-refractivity contribution in [1.29, 1.82) is 0 Å². The van der Waals surface area contributed by atoms with E-state index in [1.54, 1.807) is 7.11 Å². The highest BCUT2D eigenvalue weighted by molar-refractivity contribution is 5.89. The lowest BCUT2D eigenvalue weighted by Gasteiger charge is -2.29. The fraction of sp³-hybridized carbons (Fsp3) is 0.600. The zero-order valence-electron chi connectivity index (χ0n) is 20.4. The van der Waals surface area contributed by atoms with Gasteiger partial charge in [0, 0.05) is 42.7 Å². The molecule has 1 fully saturated rings. The quantitative estimate of drug-likeness (QED) is 0.458. The number of pyridine rings is 1. The van der Waals surface area contributed by atoms with Gasteiger partial charge in [0.2, 0.25) is 0 Å². The summed E-state index contributed by atoms with van der Waals surface area (Å²) in [5, 5.41) is 11.6. The van der Waals surface area contributed by atoms with Crippen molar-refractivity contribution < 1.29 is 19.4 Å². The zero-order valence-corrected chi connectivity index (χ0v) is 20.4. The third-order valence-corrected chi connectivity index (χ3v) is 6.16. The molecule has 1 saturated heterocycles. The van der Waals surface area contributed by atoms with Crippen LogP contribution >= 0.6 is 0 Å². The molecule has 0 atom stereocenters. The Morgan fingerprint density at radius 1 is 1.18 bits per heavy atom. The number of carbonyl (C=O) groups is 1. The van der Waals surface area contributed by atoms with Gasteiger partial charge in [0.25, 0.3) is 6.47 Å². The van der Waals surface area contributed by atoms with E-state index in [0.29, 0.717) is 12.6 Å². The molecule has 1 aromatic carbocycles. The fourth-order valence-electron chi connectivity index (χ4n) is 4.63. The van der Waals surface area contributed by atoms with Crippen LogP contribution in [0.5, 0.6) is 11.5 Å². The maximum atomic E-state index is 8.36. The van der Waals surface area contributed by atoms with Gasteiger partial charge in [0.1, 0.15) is 5.82 Å². The van der Waals surface area contributed by atoms with Crippen molar-refractivity contribution in [1.82, 2.24) is 14.8 Å². The first-order valence-electron chi connectivity index (χ1n) is 11.9. The van der Waals surface area contributed by atoms with Gasteiger partial charge in [0.05, 0.1) is 19.2 Å².